The van der Waals surface area contributed by atoms with Gasteiger partial charge in [0.05, 0.1) is 4.90 Å². The highest BCUT2D eigenvalue weighted by Crippen LogP contribution is 2.23. The summed E-state index contributed by atoms with van der Waals surface area (Å²) in [6.07, 6.45) is 2.56. The molecule has 0 saturated carbocycles. The quantitative estimate of drug-likeness (QED) is 0.316. The van der Waals surface area contributed by atoms with Gasteiger partial charge in [-0.15, -0.1) is 0 Å². The van der Waals surface area contributed by atoms with Crippen LogP contribution >= 0.6 is 0 Å². The van der Waals surface area contributed by atoms with Crippen LogP contribution in [0.4, 0.5) is 0 Å². The Balaban J connectivity index is 1.96. The third-order valence-electron chi connectivity index (χ3n) is 6.60. The number of benzene rings is 2. The third-order valence-corrected chi connectivity index (χ3v) is 8.59. The summed E-state index contributed by atoms with van der Waals surface area (Å²) in [5, 5.41) is 5.88. The Hall–Kier alpha value is -2.71. The smallest absolute Gasteiger partial charge is 0.243 e. The second kappa shape index (κ2) is 14.6. The van der Waals surface area contributed by atoms with E-state index in [1.54, 1.807) is 16.4 Å². The molecule has 0 unspecified atom stereocenters. The van der Waals surface area contributed by atoms with Gasteiger partial charge < -0.3 is 10.6 Å². The first-order chi connectivity index (χ1) is 18.2. The largest absolute Gasteiger partial charge is 0.354 e. The summed E-state index contributed by atoms with van der Waals surface area (Å²) >= 11 is 0. The maximum absolute atomic E-state index is 13.4. The highest BCUT2D eigenvalue weighted by molar-refractivity contribution is 7.89. The molecule has 2 aromatic carbocycles. The number of unbranched alkanes of at least 4 members (excludes halogenated alkanes) is 1. The zero-order valence-electron chi connectivity index (χ0n) is 24.7. The van der Waals surface area contributed by atoms with Crippen LogP contribution in [0.2, 0.25) is 0 Å². The van der Waals surface area contributed by atoms with E-state index in [1.165, 1.54) is 0 Å². The fraction of sp³-hybridized carbons (Fsp3) is 0.548. The van der Waals surface area contributed by atoms with E-state index in [0.717, 1.165) is 17.5 Å². The second-order valence-corrected chi connectivity index (χ2v) is 13.8. The van der Waals surface area contributed by atoms with Crippen molar-refractivity contribution in [3.8, 4) is 0 Å². The fourth-order valence-corrected chi connectivity index (χ4v) is 6.02. The lowest BCUT2D eigenvalue weighted by atomic mass is 9.94. The van der Waals surface area contributed by atoms with Gasteiger partial charge in [0.1, 0.15) is 6.04 Å². The maximum atomic E-state index is 13.4. The van der Waals surface area contributed by atoms with Crippen LogP contribution in [0.25, 0.3) is 0 Å². The topological polar surface area (TPSA) is 95.6 Å². The van der Waals surface area contributed by atoms with Gasteiger partial charge in [0, 0.05) is 31.0 Å². The number of sulfonamides is 1. The summed E-state index contributed by atoms with van der Waals surface area (Å²) < 4.78 is 28.4. The van der Waals surface area contributed by atoms with Crippen LogP contribution < -0.4 is 10.6 Å². The Morgan fingerprint density at radius 1 is 0.923 bits per heavy atom. The Kier molecular flexibility index (Phi) is 12.2. The predicted molar refractivity (Wildman–Crippen MR) is 158 cm³/mol. The number of nitrogens with zero attached hydrogens (tertiary/aromatic N) is 1. The summed E-state index contributed by atoms with van der Waals surface area (Å²) in [6, 6.07) is 15.8. The zero-order valence-corrected chi connectivity index (χ0v) is 25.5. The number of carbonyl (C=O) groups excluding carboxylic acids is 2. The molecule has 2 rings (SSSR count). The molecule has 2 aromatic rings. The molecule has 0 aliphatic heterocycles. The van der Waals surface area contributed by atoms with Crippen LogP contribution in [0.15, 0.2) is 59.5 Å². The standard InChI is InChI=1S/C31H47N3O4S/c1-23(2)22-34(39(37,38)27-18-16-24(3)17-19-27)25(4)13-11-12-20-32-29(35)28(33-30(36)31(5,6)7)21-26-14-9-8-10-15-26/h8-10,14-19,23,25,28H,11-13,20-22H2,1-7H3,(H,32,35)(H,33,36)/t25-,28+/m1/s1. The minimum atomic E-state index is -3.61. The SMILES string of the molecule is Cc1ccc(S(=O)(=O)N(CC(C)C)[C@H](C)CCCCNC(=O)[C@H](Cc2ccccc2)NC(=O)C(C)(C)C)cc1. The number of amides is 2. The van der Waals surface area contributed by atoms with Gasteiger partial charge in [-0.1, -0.05) is 89.1 Å². The lowest BCUT2D eigenvalue weighted by Crippen LogP contribution is -2.51. The first-order valence-electron chi connectivity index (χ1n) is 13.9. The van der Waals surface area contributed by atoms with E-state index in [0.29, 0.717) is 37.2 Å². The number of hydrogen-bond donors (Lipinski definition) is 2. The average molecular weight is 558 g/mol. The number of aryl methyl sites for hydroxylation is 1. The lowest BCUT2D eigenvalue weighted by Gasteiger charge is -2.30. The average Bonchev–Trinajstić information content (AvgIpc) is 2.86. The number of nitrogens with one attached hydrogen (secondary N) is 2. The van der Waals surface area contributed by atoms with Crippen molar-refractivity contribution in [2.75, 3.05) is 13.1 Å². The molecule has 0 saturated heterocycles. The number of rotatable bonds is 14. The molecule has 7 nitrogen and oxygen atoms in total. The van der Waals surface area contributed by atoms with Crippen molar-refractivity contribution >= 4 is 21.8 Å². The number of hydrogen-bond acceptors (Lipinski definition) is 4. The van der Waals surface area contributed by atoms with Gasteiger partial charge in [-0.05, 0) is 50.3 Å². The van der Waals surface area contributed by atoms with Gasteiger partial charge in [0.15, 0.2) is 0 Å². The molecular weight excluding hydrogens is 510 g/mol. The molecule has 0 bridgehead atoms. The highest BCUT2D eigenvalue weighted by Gasteiger charge is 2.30. The van der Waals surface area contributed by atoms with E-state index < -0.39 is 21.5 Å². The molecule has 39 heavy (non-hydrogen) atoms. The number of carbonyl (C=O) groups is 2. The molecule has 0 aliphatic rings. The highest BCUT2D eigenvalue weighted by atomic mass is 32.2. The van der Waals surface area contributed by atoms with E-state index in [1.807, 2.05) is 90.9 Å². The fourth-order valence-electron chi connectivity index (χ4n) is 4.20. The summed E-state index contributed by atoms with van der Waals surface area (Å²) in [6.45, 7) is 14.3. The molecule has 0 spiro atoms. The van der Waals surface area contributed by atoms with E-state index in [-0.39, 0.29) is 23.8 Å². The van der Waals surface area contributed by atoms with Gasteiger partial charge in [-0.25, -0.2) is 8.42 Å². The minimum Gasteiger partial charge on any atom is -0.354 e. The molecule has 0 radical (unpaired) electrons. The van der Waals surface area contributed by atoms with Crippen LogP contribution in [0.5, 0.6) is 0 Å². The molecule has 2 amide bonds. The molecule has 8 heteroatoms. The van der Waals surface area contributed by atoms with Crippen LogP contribution in [0, 0.1) is 18.3 Å². The molecule has 0 aliphatic carbocycles. The molecule has 216 valence electrons. The monoisotopic (exact) mass is 557 g/mol. The van der Waals surface area contributed by atoms with Crippen LogP contribution in [0.3, 0.4) is 0 Å². The van der Waals surface area contributed by atoms with Gasteiger partial charge in [0.2, 0.25) is 21.8 Å². The molecule has 0 heterocycles. The van der Waals surface area contributed by atoms with Crippen LogP contribution in [-0.4, -0.2) is 49.7 Å². The van der Waals surface area contributed by atoms with E-state index in [2.05, 4.69) is 10.6 Å². The van der Waals surface area contributed by atoms with E-state index in [9.17, 15) is 18.0 Å². The minimum absolute atomic E-state index is 0.174. The van der Waals surface area contributed by atoms with E-state index in [4.69, 9.17) is 0 Å². The first kappa shape index (κ1) is 32.5. The molecule has 0 fully saturated rings. The summed E-state index contributed by atoms with van der Waals surface area (Å²) in [5.41, 5.74) is 1.38. The third kappa shape index (κ3) is 10.4. The normalized spacial score (nSPS) is 13.8. The Bertz CT molecular complexity index is 1160. The van der Waals surface area contributed by atoms with Crippen LogP contribution in [-0.2, 0) is 26.0 Å². The van der Waals surface area contributed by atoms with Gasteiger partial charge >= 0.3 is 0 Å². The molecule has 0 aromatic heterocycles. The summed E-state index contributed by atoms with van der Waals surface area (Å²) in [7, 11) is -3.61. The van der Waals surface area contributed by atoms with Crippen molar-refractivity contribution < 1.29 is 18.0 Å². The Labute approximate surface area is 235 Å². The van der Waals surface area contributed by atoms with Crippen LogP contribution in [0.1, 0.15) is 71.9 Å². The predicted octanol–water partition coefficient (Wildman–Crippen LogP) is 5.09. The van der Waals surface area contributed by atoms with Crippen molar-refractivity contribution in [3.63, 3.8) is 0 Å². The van der Waals surface area contributed by atoms with Crippen molar-refractivity contribution in [3.05, 3.63) is 65.7 Å². The van der Waals surface area contributed by atoms with E-state index >= 15 is 0 Å². The van der Waals surface area contributed by atoms with Gasteiger partial charge in [-0.2, -0.15) is 4.31 Å². The lowest BCUT2D eigenvalue weighted by molar-refractivity contribution is -0.133. The first-order valence-corrected chi connectivity index (χ1v) is 15.4. The summed E-state index contributed by atoms with van der Waals surface area (Å²) in [4.78, 5) is 26.0. The van der Waals surface area contributed by atoms with Crippen molar-refractivity contribution in [1.29, 1.82) is 0 Å². The summed E-state index contributed by atoms with van der Waals surface area (Å²) in [5.74, 6) is -0.197. The second-order valence-electron chi connectivity index (χ2n) is 11.9. The van der Waals surface area contributed by atoms with Crippen molar-refractivity contribution in [1.82, 2.24) is 14.9 Å². The molecule has 2 atom stereocenters. The maximum Gasteiger partial charge on any atom is 0.243 e. The Morgan fingerprint density at radius 2 is 1.54 bits per heavy atom. The van der Waals surface area contributed by atoms with Crippen molar-refractivity contribution in [2.24, 2.45) is 11.3 Å². The zero-order chi connectivity index (χ0) is 29.2. The molecule has 2 N–H and O–H groups in total. The van der Waals surface area contributed by atoms with Gasteiger partial charge in [0.25, 0.3) is 0 Å². The Morgan fingerprint density at radius 3 is 2.10 bits per heavy atom. The van der Waals surface area contributed by atoms with Crippen molar-refractivity contribution in [2.45, 2.75) is 91.1 Å². The van der Waals surface area contributed by atoms with Gasteiger partial charge in [-0.3, -0.25) is 9.59 Å². The molecular formula is C31H47N3O4S.